The molecule has 0 saturated heterocycles. The third kappa shape index (κ3) is 2.45. The first-order chi connectivity index (χ1) is 15.3. The smallest absolute Gasteiger partial charge is 0.180 e. The van der Waals surface area contributed by atoms with Crippen molar-refractivity contribution in [1.29, 1.82) is 0 Å². The van der Waals surface area contributed by atoms with Crippen molar-refractivity contribution < 1.29 is 0 Å². The molecular formula is C27H18BrN3. The van der Waals surface area contributed by atoms with Crippen LogP contribution in [0.3, 0.4) is 0 Å². The van der Waals surface area contributed by atoms with E-state index in [1.807, 2.05) is 0 Å². The highest BCUT2D eigenvalue weighted by atomic mass is 79.9. The van der Waals surface area contributed by atoms with Gasteiger partial charge in [-0.3, -0.25) is 0 Å². The summed E-state index contributed by atoms with van der Waals surface area (Å²) in [6.07, 6.45) is -0.0772. The van der Waals surface area contributed by atoms with E-state index in [2.05, 4.69) is 122 Å². The van der Waals surface area contributed by atoms with Crippen molar-refractivity contribution in [3.8, 4) is 0 Å². The Morgan fingerprint density at radius 3 is 1.84 bits per heavy atom. The SMILES string of the molecule is Brc1cccc2c3cc4ccccc4cc3n(C3Nc4cc5ccccc5cc4N3)c12. The highest BCUT2D eigenvalue weighted by Crippen LogP contribution is 2.42. The van der Waals surface area contributed by atoms with Crippen molar-refractivity contribution in [2.24, 2.45) is 0 Å². The van der Waals surface area contributed by atoms with Crippen LogP contribution in [0.5, 0.6) is 0 Å². The minimum absolute atomic E-state index is 0.0772. The summed E-state index contributed by atoms with van der Waals surface area (Å²) in [5.74, 6) is 0. The Morgan fingerprint density at radius 2 is 1.19 bits per heavy atom. The zero-order valence-corrected chi connectivity index (χ0v) is 18.1. The highest BCUT2D eigenvalue weighted by molar-refractivity contribution is 9.10. The van der Waals surface area contributed by atoms with Crippen LogP contribution in [0, 0.1) is 0 Å². The van der Waals surface area contributed by atoms with Crippen molar-refractivity contribution in [3.63, 3.8) is 0 Å². The van der Waals surface area contributed by atoms with Crippen LogP contribution in [0.2, 0.25) is 0 Å². The molecule has 0 radical (unpaired) electrons. The Bertz CT molecular complexity index is 1620. The Hall–Kier alpha value is -3.50. The number of nitrogens with one attached hydrogen (secondary N) is 2. The number of aromatic nitrogens is 1. The van der Waals surface area contributed by atoms with Gasteiger partial charge < -0.3 is 15.2 Å². The Morgan fingerprint density at radius 1 is 0.613 bits per heavy atom. The average molecular weight is 464 g/mol. The second kappa shape index (κ2) is 6.25. The normalized spacial score (nSPS) is 13.7. The van der Waals surface area contributed by atoms with Gasteiger partial charge in [-0.15, -0.1) is 0 Å². The van der Waals surface area contributed by atoms with Crippen LogP contribution >= 0.6 is 15.9 Å². The molecule has 6 aromatic rings. The number of fused-ring (bicyclic) bond motifs is 6. The summed E-state index contributed by atoms with van der Waals surface area (Å²) in [6.45, 7) is 0. The van der Waals surface area contributed by atoms with Gasteiger partial charge in [0.15, 0.2) is 6.29 Å². The van der Waals surface area contributed by atoms with Gasteiger partial charge in [-0.2, -0.15) is 0 Å². The van der Waals surface area contributed by atoms with Gasteiger partial charge >= 0.3 is 0 Å². The largest absolute Gasteiger partial charge is 0.346 e. The van der Waals surface area contributed by atoms with Crippen molar-refractivity contribution in [1.82, 2.24) is 4.57 Å². The summed E-state index contributed by atoms with van der Waals surface area (Å²) in [5.41, 5.74) is 4.66. The molecule has 148 valence electrons. The average Bonchev–Trinajstić information content (AvgIpc) is 3.34. The molecule has 0 amide bonds. The lowest BCUT2D eigenvalue weighted by Crippen LogP contribution is -2.20. The van der Waals surface area contributed by atoms with Crippen molar-refractivity contribution in [2.75, 3.05) is 10.6 Å². The minimum atomic E-state index is -0.0772. The molecule has 7 rings (SSSR count). The van der Waals surface area contributed by atoms with Gasteiger partial charge in [-0.1, -0.05) is 60.7 Å². The summed E-state index contributed by atoms with van der Waals surface area (Å²) in [6, 6.07) is 32.6. The van der Waals surface area contributed by atoms with Gasteiger partial charge in [-0.25, -0.2) is 0 Å². The van der Waals surface area contributed by atoms with Crippen LogP contribution in [0.25, 0.3) is 43.4 Å². The zero-order valence-electron chi connectivity index (χ0n) is 16.6. The lowest BCUT2D eigenvalue weighted by molar-refractivity contribution is 0.693. The molecule has 4 heteroatoms. The molecular weight excluding hydrogens is 446 g/mol. The summed E-state index contributed by atoms with van der Waals surface area (Å²) in [4.78, 5) is 0. The quantitative estimate of drug-likeness (QED) is 0.259. The van der Waals surface area contributed by atoms with Crippen LogP contribution in [-0.4, -0.2) is 4.57 Å². The van der Waals surface area contributed by atoms with E-state index in [1.54, 1.807) is 0 Å². The van der Waals surface area contributed by atoms with E-state index in [-0.39, 0.29) is 6.29 Å². The summed E-state index contributed by atoms with van der Waals surface area (Å²) in [7, 11) is 0. The number of hydrogen-bond donors (Lipinski definition) is 2. The van der Waals surface area contributed by atoms with E-state index >= 15 is 0 Å². The molecule has 3 nitrogen and oxygen atoms in total. The van der Waals surface area contributed by atoms with Gasteiger partial charge in [0.2, 0.25) is 0 Å². The van der Waals surface area contributed by atoms with Crippen LogP contribution in [0.4, 0.5) is 11.4 Å². The molecule has 2 heterocycles. The summed E-state index contributed by atoms with van der Waals surface area (Å²) >= 11 is 3.82. The Kier molecular flexibility index (Phi) is 3.47. The van der Waals surface area contributed by atoms with E-state index in [0.29, 0.717) is 0 Å². The number of para-hydroxylation sites is 1. The maximum atomic E-state index is 3.82. The monoisotopic (exact) mass is 463 g/mol. The van der Waals surface area contributed by atoms with E-state index in [4.69, 9.17) is 0 Å². The highest BCUT2D eigenvalue weighted by Gasteiger charge is 2.26. The molecule has 1 aromatic heterocycles. The molecule has 0 bridgehead atoms. The Balaban J connectivity index is 1.50. The van der Waals surface area contributed by atoms with E-state index in [9.17, 15) is 0 Å². The third-order valence-corrected chi connectivity index (χ3v) is 7.01. The van der Waals surface area contributed by atoms with Gasteiger partial charge in [0.25, 0.3) is 0 Å². The second-order valence-corrected chi connectivity index (χ2v) is 9.01. The summed E-state index contributed by atoms with van der Waals surface area (Å²) in [5, 5.41) is 14.9. The van der Waals surface area contributed by atoms with Gasteiger partial charge in [0.1, 0.15) is 0 Å². The number of anilines is 2. The molecule has 0 saturated carbocycles. The Labute approximate surface area is 187 Å². The number of nitrogens with zero attached hydrogens (tertiary/aromatic N) is 1. The van der Waals surface area contributed by atoms with E-state index in [0.717, 1.165) is 15.8 Å². The first kappa shape index (κ1) is 17.2. The molecule has 0 unspecified atom stereocenters. The summed E-state index contributed by atoms with van der Waals surface area (Å²) < 4.78 is 3.47. The molecule has 1 aliphatic heterocycles. The maximum Gasteiger partial charge on any atom is 0.180 e. The van der Waals surface area contributed by atoms with Gasteiger partial charge in [0, 0.05) is 15.2 Å². The van der Waals surface area contributed by atoms with Crippen LogP contribution in [-0.2, 0) is 0 Å². The van der Waals surface area contributed by atoms with E-state index in [1.165, 1.54) is 43.4 Å². The molecule has 31 heavy (non-hydrogen) atoms. The fourth-order valence-electron chi connectivity index (χ4n) is 4.95. The third-order valence-electron chi connectivity index (χ3n) is 6.37. The molecule has 1 aliphatic rings. The zero-order chi connectivity index (χ0) is 20.5. The first-order valence-electron chi connectivity index (χ1n) is 10.4. The maximum absolute atomic E-state index is 3.82. The minimum Gasteiger partial charge on any atom is -0.346 e. The molecule has 0 aliphatic carbocycles. The van der Waals surface area contributed by atoms with Gasteiger partial charge in [-0.05, 0) is 67.8 Å². The number of benzene rings is 5. The number of rotatable bonds is 1. The lowest BCUT2D eigenvalue weighted by atomic mass is 10.1. The van der Waals surface area contributed by atoms with Crippen LogP contribution in [0.15, 0.2) is 95.5 Å². The van der Waals surface area contributed by atoms with Crippen LogP contribution < -0.4 is 10.6 Å². The van der Waals surface area contributed by atoms with Crippen molar-refractivity contribution in [2.45, 2.75) is 6.29 Å². The van der Waals surface area contributed by atoms with E-state index < -0.39 is 0 Å². The number of halogens is 1. The number of hydrogen-bond acceptors (Lipinski definition) is 2. The fourth-order valence-corrected chi connectivity index (χ4v) is 5.51. The topological polar surface area (TPSA) is 29.0 Å². The fraction of sp³-hybridized carbons (Fsp3) is 0.0370. The molecule has 0 spiro atoms. The van der Waals surface area contributed by atoms with Crippen molar-refractivity contribution in [3.05, 3.63) is 95.5 Å². The standard InChI is InChI=1S/C27H18BrN3/c28-22-11-5-10-20-21-12-16-6-1-4-9-19(16)15-25(21)31(26(20)22)27-29-23-13-17-7-2-3-8-18(17)14-24(23)30-27/h1-15,27,29-30H. The second-order valence-electron chi connectivity index (χ2n) is 8.16. The predicted molar refractivity (Wildman–Crippen MR) is 135 cm³/mol. The first-order valence-corrected chi connectivity index (χ1v) is 11.2. The van der Waals surface area contributed by atoms with Crippen LogP contribution in [0.1, 0.15) is 6.29 Å². The molecule has 0 atom stereocenters. The van der Waals surface area contributed by atoms with Gasteiger partial charge in [0.05, 0.1) is 22.4 Å². The molecule has 5 aromatic carbocycles. The molecule has 2 N–H and O–H groups in total. The lowest BCUT2D eigenvalue weighted by Gasteiger charge is -2.18. The molecule has 0 fully saturated rings. The predicted octanol–water partition coefficient (Wildman–Crippen LogP) is 7.86. The van der Waals surface area contributed by atoms with Crippen molar-refractivity contribution >= 4 is 70.7 Å².